The molecular weight excluding hydrogens is 256 g/mol. The van der Waals surface area contributed by atoms with E-state index in [1.165, 1.54) is 0 Å². The molecule has 1 N–H and O–H groups in total. The molecule has 78 valence electrons. The molecule has 2 nitrogen and oxygen atoms in total. The van der Waals surface area contributed by atoms with Crippen LogP contribution < -0.4 is 0 Å². The molecule has 0 fully saturated rings. The lowest BCUT2D eigenvalue weighted by molar-refractivity contribution is -0.115. The van der Waals surface area contributed by atoms with E-state index >= 15 is 0 Å². The highest BCUT2D eigenvalue weighted by molar-refractivity contribution is 9.10. The first-order valence-corrected chi connectivity index (χ1v) is 5.64. The number of ketones is 1. The molecule has 3 heteroatoms. The Kier molecular flexibility index (Phi) is 3.03. The summed E-state index contributed by atoms with van der Waals surface area (Å²) in [6.07, 6.45) is 2.34. The molecule has 1 aromatic carbocycles. The number of allylic oxidation sites excluding steroid dienone is 1. The maximum Gasteiger partial charge on any atom is 0.161 e. The SMILES string of the molecule is O=C1CCC=C1C(O)c1ccc(Br)cc1. The smallest absolute Gasteiger partial charge is 0.161 e. The zero-order valence-corrected chi connectivity index (χ0v) is 9.70. The van der Waals surface area contributed by atoms with Crippen LogP contribution in [0.25, 0.3) is 0 Å². The second-order valence-corrected chi connectivity index (χ2v) is 4.49. The lowest BCUT2D eigenvalue weighted by Gasteiger charge is -2.11. The van der Waals surface area contributed by atoms with Crippen LogP contribution in [0.3, 0.4) is 0 Å². The van der Waals surface area contributed by atoms with Crippen molar-refractivity contribution in [2.75, 3.05) is 0 Å². The van der Waals surface area contributed by atoms with Gasteiger partial charge in [0.15, 0.2) is 5.78 Å². The molecule has 15 heavy (non-hydrogen) atoms. The fourth-order valence-electron chi connectivity index (χ4n) is 1.71. The molecule has 0 radical (unpaired) electrons. The van der Waals surface area contributed by atoms with Crippen molar-refractivity contribution in [2.45, 2.75) is 18.9 Å². The molecule has 1 aromatic rings. The highest BCUT2D eigenvalue weighted by Crippen LogP contribution is 2.28. The van der Waals surface area contributed by atoms with Crippen molar-refractivity contribution in [1.29, 1.82) is 0 Å². The van der Waals surface area contributed by atoms with Gasteiger partial charge in [0.1, 0.15) is 6.10 Å². The standard InChI is InChI=1S/C12H11BrO2/c13-9-6-4-8(5-7-9)12(15)10-2-1-3-11(10)14/h2,4-7,12,15H,1,3H2. The summed E-state index contributed by atoms with van der Waals surface area (Å²) in [7, 11) is 0. The number of hydrogen-bond acceptors (Lipinski definition) is 2. The van der Waals surface area contributed by atoms with Gasteiger partial charge in [0.25, 0.3) is 0 Å². The summed E-state index contributed by atoms with van der Waals surface area (Å²) in [6.45, 7) is 0. The van der Waals surface area contributed by atoms with Gasteiger partial charge in [-0.05, 0) is 24.1 Å². The Labute approximate surface area is 96.7 Å². The first-order chi connectivity index (χ1) is 7.18. The highest BCUT2D eigenvalue weighted by atomic mass is 79.9. The third-order valence-corrected chi connectivity index (χ3v) is 3.07. The largest absolute Gasteiger partial charge is 0.384 e. The van der Waals surface area contributed by atoms with Crippen molar-refractivity contribution >= 4 is 21.7 Å². The Morgan fingerprint density at radius 3 is 2.47 bits per heavy atom. The van der Waals surface area contributed by atoms with Gasteiger partial charge in [-0.25, -0.2) is 0 Å². The lowest BCUT2D eigenvalue weighted by atomic mass is 10.0. The molecule has 1 atom stereocenters. The second kappa shape index (κ2) is 4.29. The summed E-state index contributed by atoms with van der Waals surface area (Å²) < 4.78 is 0.963. The third-order valence-electron chi connectivity index (χ3n) is 2.54. The number of carbonyl (C=O) groups excluding carboxylic acids is 1. The van der Waals surface area contributed by atoms with Crippen LogP contribution in [0.4, 0.5) is 0 Å². The van der Waals surface area contributed by atoms with Crippen LogP contribution in [0.2, 0.25) is 0 Å². The van der Waals surface area contributed by atoms with Crippen LogP contribution in [-0.4, -0.2) is 10.9 Å². The summed E-state index contributed by atoms with van der Waals surface area (Å²) in [6, 6.07) is 7.36. The molecular formula is C12H11BrO2. The molecule has 0 spiro atoms. The van der Waals surface area contributed by atoms with Gasteiger partial charge in [-0.3, -0.25) is 4.79 Å². The lowest BCUT2D eigenvalue weighted by Crippen LogP contribution is -2.07. The first-order valence-electron chi connectivity index (χ1n) is 4.85. The van der Waals surface area contributed by atoms with Crippen molar-refractivity contribution in [1.82, 2.24) is 0 Å². The molecule has 0 amide bonds. The summed E-state index contributed by atoms with van der Waals surface area (Å²) >= 11 is 3.33. The molecule has 1 aliphatic rings. The van der Waals surface area contributed by atoms with Gasteiger partial charge in [0, 0.05) is 16.5 Å². The molecule has 0 saturated carbocycles. The monoisotopic (exact) mass is 266 g/mol. The van der Waals surface area contributed by atoms with Crippen molar-refractivity contribution in [2.24, 2.45) is 0 Å². The quantitative estimate of drug-likeness (QED) is 0.894. The van der Waals surface area contributed by atoms with Gasteiger partial charge in [-0.1, -0.05) is 34.1 Å². The Bertz CT molecular complexity index is 406. The zero-order valence-electron chi connectivity index (χ0n) is 8.11. The fourth-order valence-corrected chi connectivity index (χ4v) is 1.97. The van der Waals surface area contributed by atoms with Crippen molar-refractivity contribution in [3.05, 3.63) is 46.0 Å². The van der Waals surface area contributed by atoms with Gasteiger partial charge in [-0.15, -0.1) is 0 Å². The van der Waals surface area contributed by atoms with Crippen LogP contribution in [0.5, 0.6) is 0 Å². The minimum Gasteiger partial charge on any atom is -0.384 e. The minimum absolute atomic E-state index is 0.0606. The normalized spacial score (nSPS) is 17.7. The Morgan fingerprint density at radius 1 is 1.27 bits per heavy atom. The minimum atomic E-state index is -0.770. The summed E-state index contributed by atoms with van der Waals surface area (Å²) in [4.78, 5) is 11.4. The number of aliphatic hydroxyl groups excluding tert-OH is 1. The average Bonchev–Trinajstić information content (AvgIpc) is 2.65. The van der Waals surface area contributed by atoms with E-state index in [0.29, 0.717) is 12.0 Å². The van der Waals surface area contributed by atoms with E-state index in [1.807, 2.05) is 30.3 Å². The van der Waals surface area contributed by atoms with Gasteiger partial charge in [-0.2, -0.15) is 0 Å². The average molecular weight is 267 g/mol. The maximum atomic E-state index is 11.4. The Morgan fingerprint density at radius 2 is 1.93 bits per heavy atom. The number of rotatable bonds is 2. The van der Waals surface area contributed by atoms with Gasteiger partial charge in [0.05, 0.1) is 0 Å². The van der Waals surface area contributed by atoms with Crippen molar-refractivity contribution < 1.29 is 9.90 Å². The van der Waals surface area contributed by atoms with E-state index in [1.54, 1.807) is 0 Å². The van der Waals surface area contributed by atoms with Gasteiger partial charge < -0.3 is 5.11 Å². The third kappa shape index (κ3) is 2.19. The summed E-state index contributed by atoms with van der Waals surface area (Å²) in [5.41, 5.74) is 1.30. The molecule has 1 unspecified atom stereocenters. The predicted octanol–water partition coefficient (Wildman–Crippen LogP) is 2.77. The molecule has 2 rings (SSSR count). The molecule has 0 saturated heterocycles. The molecule has 1 aliphatic carbocycles. The van der Waals surface area contributed by atoms with Crippen LogP contribution in [0.15, 0.2) is 40.4 Å². The number of aliphatic hydroxyl groups is 1. The Hall–Kier alpha value is -0.930. The molecule has 0 aliphatic heterocycles. The topological polar surface area (TPSA) is 37.3 Å². The summed E-state index contributed by atoms with van der Waals surface area (Å²) in [5, 5.41) is 9.98. The van der Waals surface area contributed by atoms with E-state index < -0.39 is 6.10 Å². The van der Waals surface area contributed by atoms with E-state index in [-0.39, 0.29) is 5.78 Å². The van der Waals surface area contributed by atoms with Gasteiger partial charge >= 0.3 is 0 Å². The van der Waals surface area contributed by atoms with Crippen LogP contribution >= 0.6 is 15.9 Å². The number of Topliss-reactive ketones (excluding diaryl/α,β-unsaturated/α-hetero) is 1. The number of carbonyl (C=O) groups is 1. The number of hydrogen-bond donors (Lipinski definition) is 1. The van der Waals surface area contributed by atoms with Crippen LogP contribution in [0.1, 0.15) is 24.5 Å². The van der Waals surface area contributed by atoms with E-state index in [0.717, 1.165) is 16.5 Å². The van der Waals surface area contributed by atoms with E-state index in [9.17, 15) is 9.90 Å². The van der Waals surface area contributed by atoms with Crippen molar-refractivity contribution in [3.63, 3.8) is 0 Å². The fraction of sp³-hybridized carbons (Fsp3) is 0.250. The first kappa shape index (κ1) is 10.6. The molecule has 0 bridgehead atoms. The van der Waals surface area contributed by atoms with Crippen LogP contribution in [-0.2, 0) is 4.79 Å². The Balaban J connectivity index is 2.24. The second-order valence-electron chi connectivity index (χ2n) is 3.58. The van der Waals surface area contributed by atoms with Crippen LogP contribution in [0, 0.1) is 0 Å². The van der Waals surface area contributed by atoms with Gasteiger partial charge in [0.2, 0.25) is 0 Å². The van der Waals surface area contributed by atoms with Crippen molar-refractivity contribution in [3.8, 4) is 0 Å². The number of benzene rings is 1. The number of halogens is 1. The summed E-state index contributed by atoms with van der Waals surface area (Å²) in [5.74, 6) is 0.0606. The van der Waals surface area contributed by atoms with E-state index in [2.05, 4.69) is 15.9 Å². The van der Waals surface area contributed by atoms with E-state index in [4.69, 9.17) is 0 Å². The molecule has 0 heterocycles. The maximum absolute atomic E-state index is 11.4. The highest BCUT2D eigenvalue weighted by Gasteiger charge is 2.23. The zero-order chi connectivity index (χ0) is 10.8. The predicted molar refractivity (Wildman–Crippen MR) is 61.4 cm³/mol. The molecule has 0 aromatic heterocycles.